The van der Waals surface area contributed by atoms with Gasteiger partial charge >= 0.3 is 0 Å². The standard InChI is InChI=1S/C12H21NO/c1-12(2)8-11(14)9-13(12)10-6-4-3-5-7-10/h10H,3-9H2,1-2H3. The van der Waals surface area contributed by atoms with Crippen LogP contribution in [0.1, 0.15) is 52.4 Å². The minimum Gasteiger partial charge on any atom is -0.298 e. The van der Waals surface area contributed by atoms with Crippen molar-refractivity contribution >= 4 is 5.78 Å². The number of hydrogen-bond donors (Lipinski definition) is 0. The van der Waals surface area contributed by atoms with Crippen LogP contribution in [0.2, 0.25) is 0 Å². The second kappa shape index (κ2) is 3.65. The number of carbonyl (C=O) groups excluding carboxylic acids is 1. The molecule has 1 aliphatic carbocycles. The molecule has 2 rings (SSSR count). The molecule has 2 nitrogen and oxygen atoms in total. The van der Waals surface area contributed by atoms with Crippen molar-refractivity contribution in [2.45, 2.75) is 64.0 Å². The van der Waals surface area contributed by atoms with Crippen molar-refractivity contribution in [3.8, 4) is 0 Å². The maximum atomic E-state index is 11.5. The molecule has 1 saturated carbocycles. The largest absolute Gasteiger partial charge is 0.298 e. The van der Waals surface area contributed by atoms with Crippen LogP contribution in [0, 0.1) is 0 Å². The SMILES string of the molecule is CC1(C)CC(=O)CN1C1CCCCC1. The van der Waals surface area contributed by atoms with E-state index in [0.29, 0.717) is 18.4 Å². The Balaban J connectivity index is 2.05. The van der Waals surface area contributed by atoms with Gasteiger partial charge in [0.2, 0.25) is 0 Å². The number of rotatable bonds is 1. The summed E-state index contributed by atoms with van der Waals surface area (Å²) >= 11 is 0. The molecule has 0 N–H and O–H groups in total. The lowest BCUT2D eigenvalue weighted by Crippen LogP contribution is -2.46. The first-order chi connectivity index (χ1) is 6.59. The highest BCUT2D eigenvalue weighted by Crippen LogP contribution is 2.33. The van der Waals surface area contributed by atoms with Crippen LogP contribution >= 0.6 is 0 Å². The summed E-state index contributed by atoms with van der Waals surface area (Å²) in [5.41, 5.74) is 0.124. The number of nitrogens with zero attached hydrogens (tertiary/aromatic N) is 1. The van der Waals surface area contributed by atoms with E-state index in [4.69, 9.17) is 0 Å². The highest BCUT2D eigenvalue weighted by atomic mass is 16.1. The van der Waals surface area contributed by atoms with Gasteiger partial charge in [-0.2, -0.15) is 0 Å². The second-order valence-electron chi connectivity index (χ2n) is 5.45. The van der Waals surface area contributed by atoms with Gasteiger partial charge in [0.05, 0.1) is 6.54 Å². The van der Waals surface area contributed by atoms with Crippen LogP contribution in [-0.2, 0) is 4.79 Å². The molecule has 0 unspecified atom stereocenters. The molecule has 80 valence electrons. The fourth-order valence-corrected chi connectivity index (χ4v) is 3.06. The topological polar surface area (TPSA) is 20.3 Å². The van der Waals surface area contributed by atoms with Crippen molar-refractivity contribution in [1.29, 1.82) is 0 Å². The average molecular weight is 195 g/mol. The lowest BCUT2D eigenvalue weighted by atomic mass is 9.91. The van der Waals surface area contributed by atoms with Crippen molar-refractivity contribution in [3.63, 3.8) is 0 Å². The zero-order valence-corrected chi connectivity index (χ0v) is 9.38. The molecule has 2 aliphatic rings. The zero-order chi connectivity index (χ0) is 10.2. The van der Waals surface area contributed by atoms with Crippen molar-refractivity contribution in [3.05, 3.63) is 0 Å². The fourth-order valence-electron chi connectivity index (χ4n) is 3.06. The molecule has 0 aromatic rings. The summed E-state index contributed by atoms with van der Waals surface area (Å²) in [6, 6.07) is 0.685. The summed E-state index contributed by atoms with van der Waals surface area (Å²) in [7, 11) is 0. The van der Waals surface area contributed by atoms with Crippen LogP contribution in [0.25, 0.3) is 0 Å². The van der Waals surface area contributed by atoms with Crippen molar-refractivity contribution in [2.75, 3.05) is 6.54 Å². The molecule has 0 amide bonds. The van der Waals surface area contributed by atoms with Crippen LogP contribution in [0.3, 0.4) is 0 Å². The number of hydrogen-bond acceptors (Lipinski definition) is 2. The highest BCUT2D eigenvalue weighted by Gasteiger charge is 2.41. The van der Waals surface area contributed by atoms with Gasteiger partial charge in [-0.1, -0.05) is 19.3 Å². The van der Waals surface area contributed by atoms with Crippen LogP contribution in [0.4, 0.5) is 0 Å². The van der Waals surface area contributed by atoms with Crippen LogP contribution in [0.15, 0.2) is 0 Å². The Hall–Kier alpha value is -0.370. The smallest absolute Gasteiger partial charge is 0.148 e. The van der Waals surface area contributed by atoms with Gasteiger partial charge in [0, 0.05) is 18.0 Å². The fraction of sp³-hybridized carbons (Fsp3) is 0.917. The molecule has 0 spiro atoms. The maximum Gasteiger partial charge on any atom is 0.148 e. The van der Waals surface area contributed by atoms with E-state index < -0.39 is 0 Å². The number of carbonyl (C=O) groups is 1. The Morgan fingerprint density at radius 3 is 2.36 bits per heavy atom. The Bertz CT molecular complexity index is 228. The zero-order valence-electron chi connectivity index (χ0n) is 9.38. The van der Waals surface area contributed by atoms with Gasteiger partial charge in [-0.15, -0.1) is 0 Å². The lowest BCUT2D eigenvalue weighted by Gasteiger charge is -2.39. The highest BCUT2D eigenvalue weighted by molar-refractivity contribution is 5.84. The van der Waals surface area contributed by atoms with Crippen molar-refractivity contribution in [2.24, 2.45) is 0 Å². The molecule has 0 bridgehead atoms. The van der Waals surface area contributed by atoms with Gasteiger partial charge in [0.1, 0.15) is 5.78 Å². The van der Waals surface area contributed by atoms with E-state index in [1.54, 1.807) is 0 Å². The first kappa shape index (κ1) is 10.2. The molecule has 1 heterocycles. The molecule has 1 saturated heterocycles. The Labute approximate surface area is 86.7 Å². The van der Waals surface area contributed by atoms with E-state index in [1.807, 2.05) is 0 Å². The van der Waals surface area contributed by atoms with E-state index in [1.165, 1.54) is 32.1 Å². The maximum absolute atomic E-state index is 11.5. The Morgan fingerprint density at radius 2 is 1.86 bits per heavy atom. The first-order valence-corrected chi connectivity index (χ1v) is 5.88. The second-order valence-corrected chi connectivity index (χ2v) is 5.45. The average Bonchev–Trinajstić information content (AvgIpc) is 2.41. The summed E-state index contributed by atoms with van der Waals surface area (Å²) in [6.45, 7) is 5.14. The summed E-state index contributed by atoms with van der Waals surface area (Å²) in [6.07, 6.45) is 7.45. The van der Waals surface area contributed by atoms with Crippen LogP contribution in [0.5, 0.6) is 0 Å². The molecular weight excluding hydrogens is 174 g/mol. The third kappa shape index (κ3) is 1.85. The van der Waals surface area contributed by atoms with E-state index in [2.05, 4.69) is 18.7 Å². The normalized spacial score (nSPS) is 29.7. The summed E-state index contributed by atoms with van der Waals surface area (Å²) in [4.78, 5) is 13.9. The van der Waals surface area contributed by atoms with Gasteiger partial charge in [0.25, 0.3) is 0 Å². The van der Waals surface area contributed by atoms with E-state index in [0.717, 1.165) is 6.42 Å². The lowest BCUT2D eigenvalue weighted by molar-refractivity contribution is -0.117. The molecule has 2 heteroatoms. The van der Waals surface area contributed by atoms with E-state index in [9.17, 15) is 4.79 Å². The quantitative estimate of drug-likeness (QED) is 0.640. The molecular formula is C12H21NO. The van der Waals surface area contributed by atoms with E-state index >= 15 is 0 Å². The van der Waals surface area contributed by atoms with Crippen LogP contribution < -0.4 is 0 Å². The summed E-state index contributed by atoms with van der Waals surface area (Å²) < 4.78 is 0. The molecule has 0 aromatic carbocycles. The van der Waals surface area contributed by atoms with Gasteiger partial charge < -0.3 is 0 Å². The minimum atomic E-state index is 0.124. The molecule has 0 aromatic heterocycles. The molecule has 0 atom stereocenters. The van der Waals surface area contributed by atoms with Crippen molar-refractivity contribution in [1.82, 2.24) is 4.90 Å². The molecule has 2 fully saturated rings. The number of ketones is 1. The molecule has 0 radical (unpaired) electrons. The van der Waals surface area contributed by atoms with E-state index in [-0.39, 0.29) is 5.54 Å². The Kier molecular flexibility index (Phi) is 2.65. The number of likely N-dealkylation sites (tertiary alicyclic amines) is 1. The third-order valence-electron chi connectivity index (χ3n) is 3.77. The molecule has 14 heavy (non-hydrogen) atoms. The summed E-state index contributed by atoms with van der Waals surface area (Å²) in [5.74, 6) is 0.431. The van der Waals surface area contributed by atoms with Gasteiger partial charge in [-0.25, -0.2) is 0 Å². The van der Waals surface area contributed by atoms with Crippen LogP contribution in [-0.4, -0.2) is 28.8 Å². The predicted molar refractivity (Wildman–Crippen MR) is 57.3 cm³/mol. The number of Topliss-reactive ketones (excluding diaryl/α,β-unsaturated/α-hetero) is 1. The molecule has 1 aliphatic heterocycles. The monoisotopic (exact) mass is 195 g/mol. The van der Waals surface area contributed by atoms with Gasteiger partial charge in [-0.05, 0) is 26.7 Å². The Morgan fingerprint density at radius 1 is 1.21 bits per heavy atom. The first-order valence-electron chi connectivity index (χ1n) is 5.88. The minimum absolute atomic E-state index is 0.124. The van der Waals surface area contributed by atoms with Crippen molar-refractivity contribution < 1.29 is 4.79 Å². The third-order valence-corrected chi connectivity index (χ3v) is 3.77. The van der Waals surface area contributed by atoms with Gasteiger partial charge in [0.15, 0.2) is 0 Å². The van der Waals surface area contributed by atoms with Gasteiger partial charge in [-0.3, -0.25) is 9.69 Å². The predicted octanol–water partition coefficient (Wildman–Crippen LogP) is 2.37. The summed E-state index contributed by atoms with van der Waals surface area (Å²) in [5, 5.41) is 0.